The second-order valence-electron chi connectivity index (χ2n) is 10.2. The standard InChI is InChI=1S/C30H33FN6O4/c1-20-26(21(2)37-30(34-20)32-19-33-37)12-13-28(38)36-16-25(41-18-23-6-4-5-7-27(23)31)15-35(29(39)17-36)14-22-8-10-24(40-3)11-9-22/h4-11,19,25H,12-18H2,1-3H3. The van der Waals surface area contributed by atoms with Crippen molar-refractivity contribution in [1.82, 2.24) is 29.4 Å². The molecule has 0 N–H and O–H groups in total. The van der Waals surface area contributed by atoms with Crippen LogP contribution in [0.3, 0.4) is 0 Å². The second kappa shape index (κ2) is 12.4. The first-order valence-corrected chi connectivity index (χ1v) is 13.5. The molecule has 0 aliphatic carbocycles. The Morgan fingerprint density at radius 2 is 1.88 bits per heavy atom. The van der Waals surface area contributed by atoms with E-state index in [1.54, 1.807) is 39.6 Å². The number of rotatable bonds is 9. The topological polar surface area (TPSA) is 102 Å². The molecule has 3 heterocycles. The number of benzene rings is 2. The summed E-state index contributed by atoms with van der Waals surface area (Å²) in [6.45, 7) is 4.63. The van der Waals surface area contributed by atoms with Gasteiger partial charge in [-0.25, -0.2) is 13.9 Å². The van der Waals surface area contributed by atoms with E-state index in [-0.39, 0.29) is 50.3 Å². The smallest absolute Gasteiger partial charge is 0.252 e. The molecule has 2 aromatic heterocycles. The predicted molar refractivity (Wildman–Crippen MR) is 149 cm³/mol. The van der Waals surface area contributed by atoms with Crippen molar-refractivity contribution in [2.45, 2.75) is 45.9 Å². The molecule has 5 rings (SSSR count). The second-order valence-corrected chi connectivity index (χ2v) is 10.2. The first kappa shape index (κ1) is 28.2. The van der Waals surface area contributed by atoms with Gasteiger partial charge in [-0.15, -0.1) is 0 Å². The third-order valence-electron chi connectivity index (χ3n) is 7.42. The minimum absolute atomic E-state index is 0.0336. The molecule has 11 heteroatoms. The number of ether oxygens (including phenoxy) is 2. The SMILES string of the molecule is COc1ccc(CN2CC(OCc3ccccc3F)CN(C(=O)CCc3c(C)nc4ncnn4c3C)CC2=O)cc1. The molecule has 1 saturated heterocycles. The van der Waals surface area contributed by atoms with Crippen molar-refractivity contribution < 1.29 is 23.5 Å². The van der Waals surface area contributed by atoms with E-state index in [2.05, 4.69) is 15.1 Å². The van der Waals surface area contributed by atoms with Crippen LogP contribution in [0.2, 0.25) is 0 Å². The minimum Gasteiger partial charge on any atom is -0.497 e. The number of fused-ring (bicyclic) bond motifs is 1. The summed E-state index contributed by atoms with van der Waals surface area (Å²) in [5, 5.41) is 4.22. The van der Waals surface area contributed by atoms with E-state index in [0.717, 1.165) is 28.3 Å². The van der Waals surface area contributed by atoms with E-state index in [0.29, 0.717) is 24.3 Å². The molecule has 0 radical (unpaired) electrons. The number of carbonyl (C=O) groups excluding carboxylic acids is 2. The fourth-order valence-corrected chi connectivity index (χ4v) is 5.11. The summed E-state index contributed by atoms with van der Waals surface area (Å²) in [6, 6.07) is 13.9. The fraction of sp³-hybridized carbons (Fsp3) is 0.367. The summed E-state index contributed by atoms with van der Waals surface area (Å²) in [5.74, 6) is 0.539. The molecule has 0 saturated carbocycles. The van der Waals surface area contributed by atoms with Crippen molar-refractivity contribution >= 4 is 17.6 Å². The van der Waals surface area contributed by atoms with E-state index >= 15 is 0 Å². The van der Waals surface area contributed by atoms with Gasteiger partial charge in [0, 0.05) is 43.0 Å². The van der Waals surface area contributed by atoms with Crippen LogP contribution in [0, 0.1) is 19.7 Å². The number of methoxy groups -OCH3 is 1. The monoisotopic (exact) mass is 560 g/mol. The van der Waals surface area contributed by atoms with Gasteiger partial charge >= 0.3 is 0 Å². The molecule has 1 unspecified atom stereocenters. The maximum absolute atomic E-state index is 14.3. The Morgan fingerprint density at radius 1 is 1.10 bits per heavy atom. The largest absolute Gasteiger partial charge is 0.497 e. The van der Waals surface area contributed by atoms with Crippen molar-refractivity contribution in [3.8, 4) is 5.75 Å². The van der Waals surface area contributed by atoms with Gasteiger partial charge in [0.15, 0.2) is 0 Å². The molecule has 2 amide bonds. The highest BCUT2D eigenvalue weighted by Gasteiger charge is 2.31. The van der Waals surface area contributed by atoms with Gasteiger partial charge in [0.05, 0.1) is 26.4 Å². The molecule has 1 fully saturated rings. The molecule has 0 bridgehead atoms. The van der Waals surface area contributed by atoms with Crippen LogP contribution >= 0.6 is 0 Å². The first-order valence-electron chi connectivity index (χ1n) is 13.5. The summed E-state index contributed by atoms with van der Waals surface area (Å²) in [5.41, 5.74) is 3.94. The molecular weight excluding hydrogens is 527 g/mol. The van der Waals surface area contributed by atoms with Crippen LogP contribution in [-0.4, -0.2) is 74.0 Å². The Bertz CT molecular complexity index is 1540. The summed E-state index contributed by atoms with van der Waals surface area (Å²) < 4.78 is 27.3. The number of carbonyl (C=O) groups is 2. The number of amides is 2. The minimum atomic E-state index is -0.500. The summed E-state index contributed by atoms with van der Waals surface area (Å²) in [6.07, 6.45) is 1.58. The van der Waals surface area contributed by atoms with E-state index in [9.17, 15) is 14.0 Å². The van der Waals surface area contributed by atoms with Gasteiger partial charge in [-0.05, 0) is 49.6 Å². The molecule has 4 aromatic rings. The van der Waals surface area contributed by atoms with Crippen LogP contribution in [0.5, 0.6) is 5.75 Å². The Morgan fingerprint density at radius 3 is 2.63 bits per heavy atom. The van der Waals surface area contributed by atoms with E-state index < -0.39 is 6.10 Å². The van der Waals surface area contributed by atoms with Crippen molar-refractivity contribution in [3.05, 3.63) is 88.8 Å². The van der Waals surface area contributed by atoms with E-state index in [1.165, 1.54) is 12.4 Å². The maximum atomic E-state index is 14.3. The normalized spacial score (nSPS) is 15.8. The number of nitrogens with zero attached hydrogens (tertiary/aromatic N) is 6. The van der Waals surface area contributed by atoms with Crippen LogP contribution in [0.15, 0.2) is 54.9 Å². The van der Waals surface area contributed by atoms with Crippen molar-refractivity contribution in [2.75, 3.05) is 26.7 Å². The lowest BCUT2D eigenvalue weighted by Gasteiger charge is -2.25. The lowest BCUT2D eigenvalue weighted by Crippen LogP contribution is -2.39. The highest BCUT2D eigenvalue weighted by molar-refractivity contribution is 5.85. The van der Waals surface area contributed by atoms with Gasteiger partial charge in [-0.2, -0.15) is 10.1 Å². The van der Waals surface area contributed by atoms with Gasteiger partial charge in [-0.3, -0.25) is 9.59 Å². The summed E-state index contributed by atoms with van der Waals surface area (Å²) in [7, 11) is 1.60. The first-order chi connectivity index (χ1) is 19.8. The Balaban J connectivity index is 1.32. The van der Waals surface area contributed by atoms with Crippen LogP contribution in [-0.2, 0) is 33.9 Å². The van der Waals surface area contributed by atoms with Gasteiger partial charge in [-0.1, -0.05) is 30.3 Å². The molecule has 1 atom stereocenters. The molecular formula is C30H33FN6O4. The van der Waals surface area contributed by atoms with E-state index in [1.807, 2.05) is 38.1 Å². The van der Waals surface area contributed by atoms with Gasteiger partial charge in [0.25, 0.3) is 5.78 Å². The number of halogens is 1. The van der Waals surface area contributed by atoms with Crippen LogP contribution in [0.1, 0.15) is 34.5 Å². The van der Waals surface area contributed by atoms with E-state index in [4.69, 9.17) is 9.47 Å². The average Bonchev–Trinajstić information content (AvgIpc) is 3.38. The third kappa shape index (κ3) is 6.51. The zero-order valence-corrected chi connectivity index (χ0v) is 23.4. The highest BCUT2D eigenvalue weighted by atomic mass is 19.1. The Hall–Kier alpha value is -4.38. The van der Waals surface area contributed by atoms with Crippen LogP contribution in [0.4, 0.5) is 4.39 Å². The maximum Gasteiger partial charge on any atom is 0.252 e. The molecule has 10 nitrogen and oxygen atoms in total. The summed E-state index contributed by atoms with van der Waals surface area (Å²) in [4.78, 5) is 38.8. The summed E-state index contributed by atoms with van der Waals surface area (Å²) >= 11 is 0. The average molecular weight is 561 g/mol. The number of aryl methyl sites for hydroxylation is 2. The zero-order chi connectivity index (χ0) is 28.9. The third-order valence-corrected chi connectivity index (χ3v) is 7.42. The zero-order valence-electron chi connectivity index (χ0n) is 23.4. The molecule has 214 valence electrons. The Labute approximate surface area is 237 Å². The van der Waals surface area contributed by atoms with Crippen molar-refractivity contribution in [1.29, 1.82) is 0 Å². The molecule has 0 spiro atoms. The molecule has 1 aliphatic rings. The molecule has 2 aromatic carbocycles. The van der Waals surface area contributed by atoms with Crippen molar-refractivity contribution in [3.63, 3.8) is 0 Å². The number of aromatic nitrogens is 4. The predicted octanol–water partition coefficient (Wildman–Crippen LogP) is 3.28. The Kier molecular flexibility index (Phi) is 8.53. The number of hydrogen-bond acceptors (Lipinski definition) is 7. The van der Waals surface area contributed by atoms with Crippen LogP contribution in [0.25, 0.3) is 5.78 Å². The molecule has 1 aliphatic heterocycles. The van der Waals surface area contributed by atoms with Gasteiger partial charge in [0.2, 0.25) is 11.8 Å². The fourth-order valence-electron chi connectivity index (χ4n) is 5.11. The molecule has 41 heavy (non-hydrogen) atoms. The highest BCUT2D eigenvalue weighted by Crippen LogP contribution is 2.20. The number of hydrogen-bond donors (Lipinski definition) is 0. The van der Waals surface area contributed by atoms with Gasteiger partial charge < -0.3 is 19.3 Å². The quantitative estimate of drug-likeness (QED) is 0.310. The van der Waals surface area contributed by atoms with Crippen LogP contribution < -0.4 is 4.74 Å². The van der Waals surface area contributed by atoms with Gasteiger partial charge in [0.1, 0.15) is 17.9 Å². The van der Waals surface area contributed by atoms with Crippen molar-refractivity contribution in [2.24, 2.45) is 0 Å². The lowest BCUT2D eigenvalue weighted by atomic mass is 10.1. The lowest BCUT2D eigenvalue weighted by molar-refractivity contribution is -0.139.